The average molecular weight is 345 g/mol. The molecule has 3 amide bonds. The number of carbonyl (C=O) groups is 2. The Kier molecular flexibility index (Phi) is 4.15. The van der Waals surface area contributed by atoms with Crippen molar-refractivity contribution < 1.29 is 19.1 Å². The lowest BCUT2D eigenvalue weighted by molar-refractivity contribution is -0.146. The van der Waals surface area contributed by atoms with E-state index in [9.17, 15) is 9.59 Å². The minimum Gasteiger partial charge on any atom is -0.482 e. The molecule has 3 aliphatic heterocycles. The lowest BCUT2D eigenvalue weighted by Crippen LogP contribution is -2.56. The summed E-state index contributed by atoms with van der Waals surface area (Å²) in [4.78, 5) is 28.6. The summed E-state index contributed by atoms with van der Waals surface area (Å²) in [6.07, 6.45) is 0.815. The van der Waals surface area contributed by atoms with Crippen LogP contribution in [0.15, 0.2) is 24.3 Å². The van der Waals surface area contributed by atoms with Crippen LogP contribution in [0.1, 0.15) is 19.8 Å². The first-order chi connectivity index (χ1) is 12.1. The van der Waals surface area contributed by atoms with Crippen LogP contribution in [0.2, 0.25) is 0 Å². The largest absolute Gasteiger partial charge is 0.482 e. The van der Waals surface area contributed by atoms with E-state index in [1.807, 2.05) is 41.0 Å². The fraction of sp³-hybridized carbons (Fsp3) is 0.556. The van der Waals surface area contributed by atoms with Crippen molar-refractivity contribution >= 4 is 11.9 Å². The smallest absolute Gasteiger partial charge is 0.317 e. The number of urea groups is 1. The predicted molar refractivity (Wildman–Crippen MR) is 90.7 cm³/mol. The van der Waals surface area contributed by atoms with Crippen LogP contribution in [0.25, 0.3) is 0 Å². The molecule has 3 heterocycles. The van der Waals surface area contributed by atoms with Crippen LogP contribution in [-0.4, -0.2) is 66.2 Å². The molecule has 7 nitrogen and oxygen atoms in total. The molecule has 3 atom stereocenters. The second kappa shape index (κ2) is 6.46. The van der Waals surface area contributed by atoms with Crippen molar-refractivity contribution in [1.82, 2.24) is 15.1 Å². The Morgan fingerprint density at radius 1 is 1.20 bits per heavy atom. The molecule has 7 heteroatoms. The number of benzene rings is 1. The number of nitrogens with zero attached hydrogens (tertiary/aromatic N) is 2. The SMILES string of the molecule is C[C@@H]1Oc2ccccc2O[C@@H]1C(=O)N1CCC[C@H](N2CCNC2=O)C1. The standard InChI is InChI=1S/C18H23N3O4/c1-12-16(25-15-7-3-2-6-14(15)24-12)17(22)20-9-4-5-13(11-20)21-10-8-19-18(21)23/h2-3,6-7,12-13,16H,4-5,8-11H2,1H3,(H,19,23)/t12-,13-,16-/m0/s1. The van der Waals surface area contributed by atoms with Gasteiger partial charge in [0, 0.05) is 26.2 Å². The average Bonchev–Trinajstić information content (AvgIpc) is 3.06. The van der Waals surface area contributed by atoms with E-state index < -0.39 is 6.10 Å². The molecule has 1 aromatic carbocycles. The summed E-state index contributed by atoms with van der Waals surface area (Å²) in [6.45, 7) is 4.49. The van der Waals surface area contributed by atoms with E-state index in [-0.39, 0.29) is 24.1 Å². The van der Waals surface area contributed by atoms with Gasteiger partial charge < -0.3 is 24.6 Å². The summed E-state index contributed by atoms with van der Waals surface area (Å²) in [5.41, 5.74) is 0. The van der Waals surface area contributed by atoms with Gasteiger partial charge in [-0.3, -0.25) is 4.79 Å². The number of piperidine rings is 1. The molecule has 3 aliphatic rings. The highest BCUT2D eigenvalue weighted by Crippen LogP contribution is 2.34. The first kappa shape index (κ1) is 16.1. The molecular formula is C18H23N3O4. The Morgan fingerprint density at radius 2 is 1.96 bits per heavy atom. The van der Waals surface area contributed by atoms with E-state index >= 15 is 0 Å². The lowest BCUT2D eigenvalue weighted by Gasteiger charge is -2.40. The zero-order chi connectivity index (χ0) is 17.4. The number of nitrogens with one attached hydrogen (secondary N) is 1. The molecular weight excluding hydrogens is 322 g/mol. The van der Waals surface area contributed by atoms with E-state index in [1.54, 1.807) is 0 Å². The third kappa shape index (κ3) is 2.99. The van der Waals surface area contributed by atoms with Crippen LogP contribution < -0.4 is 14.8 Å². The van der Waals surface area contributed by atoms with Gasteiger partial charge in [0.2, 0.25) is 6.10 Å². The summed E-state index contributed by atoms with van der Waals surface area (Å²) in [5, 5.41) is 2.83. The minimum absolute atomic E-state index is 0.0288. The lowest BCUT2D eigenvalue weighted by atomic mass is 10.0. The highest BCUT2D eigenvalue weighted by molar-refractivity contribution is 5.83. The second-order valence-corrected chi connectivity index (χ2v) is 6.81. The fourth-order valence-corrected chi connectivity index (χ4v) is 3.81. The number of ether oxygens (including phenoxy) is 2. The van der Waals surface area contributed by atoms with Crippen molar-refractivity contribution in [1.29, 1.82) is 0 Å². The third-order valence-electron chi connectivity index (χ3n) is 5.12. The Morgan fingerprint density at radius 3 is 2.68 bits per heavy atom. The van der Waals surface area contributed by atoms with E-state index in [2.05, 4.69) is 5.32 Å². The molecule has 1 aromatic rings. The van der Waals surface area contributed by atoms with Crippen molar-refractivity contribution in [2.45, 2.75) is 38.0 Å². The van der Waals surface area contributed by atoms with Crippen LogP contribution in [-0.2, 0) is 4.79 Å². The van der Waals surface area contributed by atoms with Crippen LogP contribution in [0.3, 0.4) is 0 Å². The summed E-state index contributed by atoms with van der Waals surface area (Å²) in [7, 11) is 0. The first-order valence-corrected chi connectivity index (χ1v) is 8.89. The minimum atomic E-state index is -0.652. The van der Waals surface area contributed by atoms with Crippen molar-refractivity contribution in [3.05, 3.63) is 24.3 Å². The molecule has 0 aliphatic carbocycles. The van der Waals surface area contributed by atoms with Gasteiger partial charge in [-0.15, -0.1) is 0 Å². The maximum atomic E-state index is 13.0. The zero-order valence-corrected chi connectivity index (χ0v) is 14.3. The number of para-hydroxylation sites is 2. The molecule has 2 saturated heterocycles. The van der Waals surface area contributed by atoms with Crippen molar-refractivity contribution in [2.24, 2.45) is 0 Å². The van der Waals surface area contributed by atoms with Gasteiger partial charge in [0.05, 0.1) is 6.04 Å². The van der Waals surface area contributed by atoms with Gasteiger partial charge in [0.15, 0.2) is 11.5 Å². The number of hydrogen-bond donors (Lipinski definition) is 1. The number of likely N-dealkylation sites (tertiary alicyclic amines) is 1. The molecule has 134 valence electrons. The van der Waals surface area contributed by atoms with Crippen molar-refractivity contribution in [3.8, 4) is 11.5 Å². The number of fused-ring (bicyclic) bond motifs is 1. The van der Waals surface area contributed by atoms with E-state index in [4.69, 9.17) is 9.47 Å². The van der Waals surface area contributed by atoms with Crippen molar-refractivity contribution in [3.63, 3.8) is 0 Å². The molecule has 25 heavy (non-hydrogen) atoms. The molecule has 0 saturated carbocycles. The molecule has 2 fully saturated rings. The molecule has 0 spiro atoms. The Hall–Kier alpha value is -2.44. The van der Waals surface area contributed by atoms with Gasteiger partial charge in [-0.05, 0) is 31.9 Å². The van der Waals surface area contributed by atoms with Crippen LogP contribution >= 0.6 is 0 Å². The van der Waals surface area contributed by atoms with Crippen LogP contribution in [0.4, 0.5) is 4.79 Å². The molecule has 0 bridgehead atoms. The van der Waals surface area contributed by atoms with Gasteiger partial charge in [-0.25, -0.2) is 4.79 Å². The molecule has 0 unspecified atom stereocenters. The second-order valence-electron chi connectivity index (χ2n) is 6.81. The first-order valence-electron chi connectivity index (χ1n) is 8.89. The van der Waals surface area contributed by atoms with Crippen molar-refractivity contribution in [2.75, 3.05) is 26.2 Å². The number of amides is 3. The van der Waals surface area contributed by atoms with Crippen LogP contribution in [0.5, 0.6) is 11.5 Å². The molecule has 1 N–H and O–H groups in total. The van der Waals surface area contributed by atoms with Gasteiger partial charge in [-0.2, -0.15) is 0 Å². The molecule has 0 aromatic heterocycles. The maximum absolute atomic E-state index is 13.0. The highest BCUT2D eigenvalue weighted by Gasteiger charge is 2.40. The maximum Gasteiger partial charge on any atom is 0.317 e. The van der Waals surface area contributed by atoms with Gasteiger partial charge in [0.25, 0.3) is 5.91 Å². The Labute approximate surface area is 146 Å². The fourth-order valence-electron chi connectivity index (χ4n) is 3.81. The van der Waals surface area contributed by atoms with E-state index in [1.165, 1.54) is 0 Å². The monoisotopic (exact) mass is 345 g/mol. The van der Waals surface area contributed by atoms with E-state index in [0.29, 0.717) is 37.7 Å². The van der Waals surface area contributed by atoms with Gasteiger partial charge in [0.1, 0.15) is 6.10 Å². The summed E-state index contributed by atoms with van der Waals surface area (Å²) >= 11 is 0. The molecule has 4 rings (SSSR count). The third-order valence-corrected chi connectivity index (χ3v) is 5.12. The molecule has 0 radical (unpaired) electrons. The Balaban J connectivity index is 1.46. The number of carbonyl (C=O) groups excluding carboxylic acids is 2. The summed E-state index contributed by atoms with van der Waals surface area (Å²) < 4.78 is 11.8. The number of hydrogen-bond acceptors (Lipinski definition) is 4. The highest BCUT2D eigenvalue weighted by atomic mass is 16.6. The Bertz CT molecular complexity index is 680. The van der Waals surface area contributed by atoms with Crippen LogP contribution in [0, 0.1) is 0 Å². The zero-order valence-electron chi connectivity index (χ0n) is 14.3. The quantitative estimate of drug-likeness (QED) is 0.875. The normalized spacial score (nSPS) is 28.7. The number of rotatable bonds is 2. The summed E-state index contributed by atoms with van der Waals surface area (Å²) in [5.74, 6) is 1.21. The van der Waals surface area contributed by atoms with Gasteiger partial charge in [-0.1, -0.05) is 12.1 Å². The predicted octanol–water partition coefficient (Wildman–Crippen LogP) is 1.23. The van der Waals surface area contributed by atoms with Gasteiger partial charge >= 0.3 is 6.03 Å². The van der Waals surface area contributed by atoms with E-state index in [0.717, 1.165) is 12.8 Å². The topological polar surface area (TPSA) is 71.1 Å². The summed E-state index contributed by atoms with van der Waals surface area (Å²) in [6, 6.07) is 7.45.